The second kappa shape index (κ2) is 5.85. The fourth-order valence-electron chi connectivity index (χ4n) is 1.13. The predicted molar refractivity (Wildman–Crippen MR) is 61.5 cm³/mol. The Morgan fingerprint density at radius 3 is 2.80 bits per heavy atom. The minimum Gasteiger partial charge on any atom is -0.355 e. The van der Waals surface area contributed by atoms with Gasteiger partial charge in [-0.3, -0.25) is 4.79 Å². The molecule has 0 heterocycles. The summed E-state index contributed by atoms with van der Waals surface area (Å²) in [5, 5.41) is 2.71. The van der Waals surface area contributed by atoms with Crippen molar-refractivity contribution in [3.63, 3.8) is 0 Å². The molecule has 1 atom stereocenters. The van der Waals surface area contributed by atoms with E-state index >= 15 is 0 Å². The van der Waals surface area contributed by atoms with Crippen LogP contribution in [-0.2, 0) is 11.2 Å². The van der Waals surface area contributed by atoms with Crippen molar-refractivity contribution in [2.45, 2.75) is 18.2 Å². The molecule has 1 rings (SSSR count). The Balaban J connectivity index is 2.48. The Kier molecular flexibility index (Phi) is 4.75. The molecule has 1 amide bonds. The van der Waals surface area contributed by atoms with Crippen LogP contribution in [0.3, 0.4) is 0 Å². The number of benzene rings is 1. The van der Waals surface area contributed by atoms with E-state index in [1.165, 1.54) is 6.07 Å². The average molecular weight is 274 g/mol. The van der Waals surface area contributed by atoms with Crippen molar-refractivity contribution in [2.75, 3.05) is 6.54 Å². The molecular formula is C11H13BrFNO. The number of rotatable bonds is 4. The molecule has 4 heteroatoms. The van der Waals surface area contributed by atoms with Crippen LogP contribution in [0.1, 0.15) is 12.5 Å². The number of nitrogens with one attached hydrogen (secondary N) is 1. The fraction of sp³-hybridized carbons (Fsp3) is 0.364. The van der Waals surface area contributed by atoms with E-state index < -0.39 is 0 Å². The standard InChI is InChI=1S/C11H13BrFNO/c1-8(12)7-14-11(15)6-9-4-2-3-5-10(9)13/h2-5,8H,6-7H2,1H3,(H,14,15). The Bertz CT molecular complexity index is 341. The second-order valence-corrected chi connectivity index (χ2v) is 4.92. The number of hydrogen-bond donors (Lipinski definition) is 1. The maximum absolute atomic E-state index is 13.2. The minimum atomic E-state index is -0.334. The molecule has 82 valence electrons. The lowest BCUT2D eigenvalue weighted by Crippen LogP contribution is -2.29. The van der Waals surface area contributed by atoms with Gasteiger partial charge in [0, 0.05) is 11.4 Å². The SMILES string of the molecule is CC(Br)CNC(=O)Cc1ccccc1F. The van der Waals surface area contributed by atoms with Gasteiger partial charge in [-0.05, 0) is 11.6 Å². The van der Waals surface area contributed by atoms with Crippen molar-refractivity contribution in [2.24, 2.45) is 0 Å². The largest absolute Gasteiger partial charge is 0.355 e. The molecule has 0 saturated carbocycles. The first kappa shape index (κ1) is 12.2. The van der Waals surface area contributed by atoms with Gasteiger partial charge in [-0.25, -0.2) is 4.39 Å². The van der Waals surface area contributed by atoms with Gasteiger partial charge in [0.25, 0.3) is 0 Å². The molecule has 0 saturated heterocycles. The van der Waals surface area contributed by atoms with Crippen LogP contribution in [0.25, 0.3) is 0 Å². The summed E-state index contributed by atoms with van der Waals surface area (Å²) >= 11 is 3.31. The first-order chi connectivity index (χ1) is 7.09. The van der Waals surface area contributed by atoms with Crippen molar-refractivity contribution in [1.29, 1.82) is 0 Å². The third kappa shape index (κ3) is 4.42. The molecule has 0 bridgehead atoms. The van der Waals surface area contributed by atoms with Crippen LogP contribution in [0, 0.1) is 5.82 Å². The minimum absolute atomic E-state index is 0.0897. The normalized spacial score (nSPS) is 12.2. The highest BCUT2D eigenvalue weighted by Gasteiger charge is 2.07. The van der Waals surface area contributed by atoms with Crippen LogP contribution in [0.2, 0.25) is 0 Å². The molecule has 0 aliphatic rings. The quantitative estimate of drug-likeness (QED) is 0.838. The lowest BCUT2D eigenvalue weighted by atomic mass is 10.1. The van der Waals surface area contributed by atoms with Gasteiger partial charge >= 0.3 is 0 Å². The van der Waals surface area contributed by atoms with Crippen molar-refractivity contribution in [3.05, 3.63) is 35.6 Å². The zero-order valence-electron chi connectivity index (χ0n) is 8.47. The van der Waals surface area contributed by atoms with Crippen LogP contribution in [0.5, 0.6) is 0 Å². The van der Waals surface area contributed by atoms with Gasteiger partial charge in [-0.15, -0.1) is 0 Å². The zero-order chi connectivity index (χ0) is 11.3. The summed E-state index contributed by atoms with van der Waals surface area (Å²) in [6.07, 6.45) is 0.0897. The van der Waals surface area contributed by atoms with Gasteiger partial charge in [-0.2, -0.15) is 0 Å². The molecule has 0 fully saturated rings. The van der Waals surface area contributed by atoms with E-state index in [0.717, 1.165) is 0 Å². The van der Waals surface area contributed by atoms with E-state index in [-0.39, 0.29) is 23.0 Å². The number of halogens is 2. The first-order valence-electron chi connectivity index (χ1n) is 4.73. The molecule has 0 aliphatic heterocycles. The highest BCUT2D eigenvalue weighted by atomic mass is 79.9. The first-order valence-corrected chi connectivity index (χ1v) is 5.65. The van der Waals surface area contributed by atoms with Crippen LogP contribution in [0.4, 0.5) is 4.39 Å². The van der Waals surface area contributed by atoms with Gasteiger partial charge in [0.05, 0.1) is 6.42 Å². The molecule has 0 aliphatic carbocycles. The summed E-state index contributed by atoms with van der Waals surface area (Å²) in [4.78, 5) is 11.6. The summed E-state index contributed by atoms with van der Waals surface area (Å²) in [5.74, 6) is -0.494. The molecule has 2 nitrogen and oxygen atoms in total. The van der Waals surface area contributed by atoms with E-state index in [0.29, 0.717) is 12.1 Å². The summed E-state index contributed by atoms with van der Waals surface area (Å²) in [6, 6.07) is 6.30. The highest BCUT2D eigenvalue weighted by molar-refractivity contribution is 9.09. The Morgan fingerprint density at radius 2 is 2.20 bits per heavy atom. The van der Waals surface area contributed by atoms with Crippen molar-refractivity contribution in [3.8, 4) is 0 Å². The number of carbonyl (C=O) groups excluding carboxylic acids is 1. The molecule has 15 heavy (non-hydrogen) atoms. The van der Waals surface area contributed by atoms with Crippen LogP contribution in [0.15, 0.2) is 24.3 Å². The van der Waals surface area contributed by atoms with Gasteiger partial charge in [-0.1, -0.05) is 41.1 Å². The van der Waals surface area contributed by atoms with E-state index in [1.54, 1.807) is 18.2 Å². The second-order valence-electron chi connectivity index (χ2n) is 3.35. The summed E-state index contributed by atoms with van der Waals surface area (Å²) in [5.41, 5.74) is 0.428. The molecule has 1 unspecified atom stereocenters. The number of carbonyl (C=O) groups is 1. The highest BCUT2D eigenvalue weighted by Crippen LogP contribution is 2.06. The average Bonchev–Trinajstić information content (AvgIpc) is 2.18. The lowest BCUT2D eigenvalue weighted by molar-refractivity contribution is -0.120. The van der Waals surface area contributed by atoms with E-state index in [2.05, 4.69) is 21.2 Å². The summed E-state index contributed by atoms with van der Waals surface area (Å²) in [6.45, 7) is 2.48. The molecule has 1 aromatic rings. The van der Waals surface area contributed by atoms with Gasteiger partial charge in [0.1, 0.15) is 5.82 Å². The van der Waals surface area contributed by atoms with Gasteiger partial charge in [0.2, 0.25) is 5.91 Å². The van der Waals surface area contributed by atoms with Crippen LogP contribution in [-0.4, -0.2) is 17.3 Å². The Hall–Kier alpha value is -0.900. The van der Waals surface area contributed by atoms with Gasteiger partial charge < -0.3 is 5.32 Å². The third-order valence-electron chi connectivity index (χ3n) is 1.89. The summed E-state index contributed by atoms with van der Waals surface area (Å²) in [7, 11) is 0. The topological polar surface area (TPSA) is 29.1 Å². The number of alkyl halides is 1. The molecule has 0 aromatic heterocycles. The predicted octanol–water partition coefficient (Wildman–Crippen LogP) is 2.27. The van der Waals surface area contributed by atoms with Gasteiger partial charge in [0.15, 0.2) is 0 Å². The third-order valence-corrected chi connectivity index (χ3v) is 2.21. The molecular weight excluding hydrogens is 261 g/mol. The molecule has 1 N–H and O–H groups in total. The fourth-order valence-corrected chi connectivity index (χ4v) is 1.29. The van der Waals surface area contributed by atoms with Crippen molar-refractivity contribution in [1.82, 2.24) is 5.32 Å². The van der Waals surface area contributed by atoms with E-state index in [9.17, 15) is 9.18 Å². The maximum atomic E-state index is 13.2. The Labute approximate surface area is 97.0 Å². The smallest absolute Gasteiger partial charge is 0.224 e. The molecule has 0 spiro atoms. The van der Waals surface area contributed by atoms with Crippen LogP contribution < -0.4 is 5.32 Å². The van der Waals surface area contributed by atoms with E-state index in [4.69, 9.17) is 0 Å². The van der Waals surface area contributed by atoms with Crippen molar-refractivity contribution < 1.29 is 9.18 Å². The monoisotopic (exact) mass is 273 g/mol. The number of amides is 1. The van der Waals surface area contributed by atoms with Crippen LogP contribution >= 0.6 is 15.9 Å². The summed E-state index contributed by atoms with van der Waals surface area (Å²) < 4.78 is 13.2. The molecule has 0 radical (unpaired) electrons. The lowest BCUT2D eigenvalue weighted by Gasteiger charge is -2.06. The van der Waals surface area contributed by atoms with E-state index in [1.807, 2.05) is 6.92 Å². The Morgan fingerprint density at radius 1 is 1.53 bits per heavy atom. The number of hydrogen-bond acceptors (Lipinski definition) is 1. The maximum Gasteiger partial charge on any atom is 0.224 e. The molecule has 1 aromatic carbocycles. The zero-order valence-corrected chi connectivity index (χ0v) is 10.1. The van der Waals surface area contributed by atoms with Crippen molar-refractivity contribution >= 4 is 21.8 Å².